The van der Waals surface area contributed by atoms with Gasteiger partial charge in [0.15, 0.2) is 18.2 Å². The van der Waals surface area contributed by atoms with Crippen molar-refractivity contribution in [2.75, 3.05) is 25.2 Å². The van der Waals surface area contributed by atoms with E-state index in [1.165, 1.54) is 0 Å². The number of carbonyl (C=O) groups excluding carboxylic acids is 1. The van der Waals surface area contributed by atoms with Crippen molar-refractivity contribution < 1.29 is 49.6 Å². The molecule has 1 aromatic heterocycles. The number of nitrogens with one attached hydrogen (secondary N) is 2. The summed E-state index contributed by atoms with van der Waals surface area (Å²) in [6.45, 7) is -1.12. The normalized spacial score (nSPS) is 36.3. The van der Waals surface area contributed by atoms with Crippen LogP contribution in [0.5, 0.6) is 0 Å². The molecule has 2 fully saturated rings. The molecule has 37 heavy (non-hydrogen) atoms. The summed E-state index contributed by atoms with van der Waals surface area (Å²) >= 11 is 0. The van der Waals surface area contributed by atoms with Gasteiger partial charge >= 0.3 is 0 Å². The smallest absolute Gasteiger partial charge is 0.270 e. The lowest BCUT2D eigenvalue weighted by atomic mass is 9.88. The van der Waals surface area contributed by atoms with E-state index in [0.717, 1.165) is 5.39 Å². The fraction of sp³-hybridized carbons (Fsp3) is 0.591. The molecule has 2 aliphatic rings. The molecule has 0 radical (unpaired) electrons. The van der Waals surface area contributed by atoms with Gasteiger partial charge in [-0.2, -0.15) is 5.10 Å². The van der Waals surface area contributed by atoms with Crippen LogP contribution in [0.25, 0.3) is 10.8 Å². The van der Waals surface area contributed by atoms with Gasteiger partial charge in [0.25, 0.3) is 5.91 Å². The van der Waals surface area contributed by atoms with Crippen LogP contribution in [0.3, 0.4) is 0 Å². The fourth-order valence-electron chi connectivity index (χ4n) is 4.36. The number of amides is 1. The number of fused-ring (bicyclic) bond motifs is 1. The molecule has 10 atom stereocenters. The Bertz CT molecular complexity index is 1060. The van der Waals surface area contributed by atoms with Gasteiger partial charge in [-0.15, -0.1) is 5.10 Å². The number of carbonyl (C=O) groups is 1. The minimum Gasteiger partial charge on any atom is -0.394 e. The number of hydrogen-bond acceptors (Lipinski definition) is 14. The zero-order valence-electron chi connectivity index (χ0n) is 19.6. The van der Waals surface area contributed by atoms with Crippen molar-refractivity contribution in [2.24, 2.45) is 11.7 Å². The molecule has 15 nitrogen and oxygen atoms in total. The second-order valence-corrected chi connectivity index (χ2v) is 8.98. The number of ether oxygens (including phenoxy) is 3. The number of nitrogens with zero attached hydrogens (tertiary/aromatic N) is 2. The Morgan fingerprint density at radius 3 is 2.51 bits per heavy atom. The van der Waals surface area contributed by atoms with Crippen molar-refractivity contribution in [1.29, 1.82) is 0 Å². The topological polar surface area (TPSA) is 242 Å². The first kappa shape index (κ1) is 27.5. The van der Waals surface area contributed by atoms with Gasteiger partial charge in [-0.05, 0) is 0 Å². The summed E-state index contributed by atoms with van der Waals surface area (Å²) in [6.07, 6.45) is -10.1. The molecule has 1 amide bonds. The van der Waals surface area contributed by atoms with Gasteiger partial charge in [0.05, 0.1) is 38.2 Å². The lowest BCUT2D eigenvalue weighted by molar-refractivity contribution is -0.248. The molecular weight excluding hydrogens is 494 g/mol. The average molecular weight is 526 g/mol. The minimum atomic E-state index is -1.75. The van der Waals surface area contributed by atoms with Crippen LogP contribution in [0, 0.1) is 5.92 Å². The van der Waals surface area contributed by atoms with Crippen LogP contribution < -0.4 is 16.6 Å². The van der Waals surface area contributed by atoms with Crippen LogP contribution in [-0.4, -0.2) is 122 Å². The molecule has 4 rings (SSSR count). The van der Waals surface area contributed by atoms with Gasteiger partial charge in [0.1, 0.15) is 30.5 Å². The molecule has 10 N–H and O–H groups in total. The van der Waals surface area contributed by atoms with Crippen molar-refractivity contribution in [3.63, 3.8) is 0 Å². The zero-order valence-corrected chi connectivity index (χ0v) is 19.6. The number of benzene rings is 1. The van der Waals surface area contributed by atoms with E-state index in [1.807, 2.05) is 12.1 Å². The van der Waals surface area contributed by atoms with E-state index in [0.29, 0.717) is 5.39 Å². The summed E-state index contributed by atoms with van der Waals surface area (Å²) in [5, 5.41) is 69.8. The highest BCUT2D eigenvalue weighted by Crippen LogP contribution is 2.26. The molecule has 0 spiro atoms. The first-order valence-electron chi connectivity index (χ1n) is 11.6. The van der Waals surface area contributed by atoms with E-state index in [1.54, 1.807) is 18.3 Å². The van der Waals surface area contributed by atoms with Crippen molar-refractivity contribution in [3.05, 3.63) is 30.5 Å². The third-order valence-electron chi connectivity index (χ3n) is 6.58. The van der Waals surface area contributed by atoms with Crippen LogP contribution in [0.2, 0.25) is 0 Å². The molecule has 15 heteroatoms. The Morgan fingerprint density at radius 1 is 1.00 bits per heavy atom. The maximum atomic E-state index is 12.8. The maximum Gasteiger partial charge on any atom is 0.270 e. The molecule has 0 aliphatic carbocycles. The van der Waals surface area contributed by atoms with Gasteiger partial charge in [-0.3, -0.25) is 15.6 Å². The molecule has 2 aromatic rings. The van der Waals surface area contributed by atoms with E-state index in [4.69, 9.17) is 19.9 Å². The number of aromatic nitrogens is 2. The molecule has 0 saturated carbocycles. The van der Waals surface area contributed by atoms with Gasteiger partial charge < -0.3 is 50.6 Å². The number of hydrogen-bond donors (Lipinski definition) is 9. The number of nitrogens with two attached hydrogens (primary N) is 1. The number of hydrazine groups is 1. The summed E-state index contributed by atoms with van der Waals surface area (Å²) in [5.74, 6) is -1.44. The molecule has 4 unspecified atom stereocenters. The number of anilines is 1. The molecule has 0 bridgehead atoms. The molecule has 204 valence electrons. The number of rotatable bonds is 8. The van der Waals surface area contributed by atoms with Crippen LogP contribution in [0.4, 0.5) is 5.82 Å². The van der Waals surface area contributed by atoms with Crippen molar-refractivity contribution >= 4 is 22.5 Å². The largest absolute Gasteiger partial charge is 0.394 e. The van der Waals surface area contributed by atoms with Gasteiger partial charge in [-0.1, -0.05) is 24.3 Å². The quantitative estimate of drug-likeness (QED) is 0.149. The third-order valence-corrected chi connectivity index (χ3v) is 6.58. The van der Waals surface area contributed by atoms with Crippen LogP contribution in [0.1, 0.15) is 0 Å². The van der Waals surface area contributed by atoms with E-state index >= 15 is 0 Å². The Hall–Kier alpha value is -2.57. The van der Waals surface area contributed by atoms with Crippen molar-refractivity contribution in [3.8, 4) is 0 Å². The lowest BCUT2D eigenvalue weighted by Crippen LogP contribution is -2.63. The SMILES string of the molecule is NC1[C@H](O)OC(CO)[C@H](O)[C@H]1COC[C@@H]1OC(C(=O)NNc2nncc3ccccc23)[C@@H](O)[C@@H](O)C1O. The van der Waals surface area contributed by atoms with Gasteiger partial charge in [0, 0.05) is 16.7 Å². The highest BCUT2D eigenvalue weighted by molar-refractivity contribution is 5.92. The highest BCUT2D eigenvalue weighted by atomic mass is 16.6. The van der Waals surface area contributed by atoms with E-state index in [-0.39, 0.29) is 19.0 Å². The third kappa shape index (κ3) is 5.80. The summed E-state index contributed by atoms with van der Waals surface area (Å²) in [6, 6.07) is 6.15. The lowest BCUT2D eigenvalue weighted by Gasteiger charge is -2.42. The zero-order chi connectivity index (χ0) is 26.7. The Morgan fingerprint density at radius 2 is 1.76 bits per heavy atom. The Balaban J connectivity index is 1.36. The van der Waals surface area contributed by atoms with Crippen LogP contribution in [0.15, 0.2) is 30.5 Å². The molecule has 3 heterocycles. The predicted molar refractivity (Wildman–Crippen MR) is 124 cm³/mol. The summed E-state index contributed by atoms with van der Waals surface area (Å²) < 4.78 is 16.1. The van der Waals surface area contributed by atoms with Crippen LogP contribution in [-0.2, 0) is 19.0 Å². The Kier molecular flexibility index (Phi) is 8.81. The monoisotopic (exact) mass is 525 g/mol. The fourth-order valence-corrected chi connectivity index (χ4v) is 4.36. The highest BCUT2D eigenvalue weighted by Gasteiger charge is 2.47. The number of aliphatic hydroxyl groups excluding tert-OH is 6. The van der Waals surface area contributed by atoms with Crippen molar-refractivity contribution in [1.82, 2.24) is 15.6 Å². The first-order valence-corrected chi connectivity index (χ1v) is 11.6. The summed E-state index contributed by atoms with van der Waals surface area (Å²) in [5.41, 5.74) is 10.9. The molecular formula is C22H31N5O10. The van der Waals surface area contributed by atoms with E-state index in [9.17, 15) is 35.4 Å². The maximum absolute atomic E-state index is 12.8. The van der Waals surface area contributed by atoms with Crippen LogP contribution >= 0.6 is 0 Å². The molecule has 1 aromatic carbocycles. The Labute approximate surface area is 210 Å². The predicted octanol–water partition coefficient (Wildman–Crippen LogP) is -4.05. The molecule has 2 aliphatic heterocycles. The minimum absolute atomic E-state index is 0.220. The number of aliphatic hydroxyl groups is 6. The van der Waals surface area contributed by atoms with Crippen molar-refractivity contribution in [2.45, 2.75) is 55.1 Å². The summed E-state index contributed by atoms with van der Waals surface area (Å²) in [4.78, 5) is 12.8. The van der Waals surface area contributed by atoms with E-state index < -0.39 is 73.5 Å². The van der Waals surface area contributed by atoms with Gasteiger partial charge in [0.2, 0.25) is 0 Å². The van der Waals surface area contributed by atoms with Gasteiger partial charge in [-0.25, -0.2) is 0 Å². The second kappa shape index (κ2) is 11.9. The summed E-state index contributed by atoms with van der Waals surface area (Å²) in [7, 11) is 0. The standard InChI is InChI=1S/C22H31N5O10/c23-14-11(15(29)12(6-28)37-22(14)34)7-35-8-13-16(30)17(31)18(32)19(36-13)21(33)27-26-20-10-4-2-1-3-9(10)5-24-25-20/h1-5,11-19,22,28-32,34H,6-8,23H2,(H,25,26)(H,27,33)/t11-,12?,13-,14?,15+,16?,17-,18-,19?,22+/m0/s1. The second-order valence-electron chi connectivity index (χ2n) is 8.98. The average Bonchev–Trinajstić information content (AvgIpc) is 2.91. The molecule has 2 saturated heterocycles. The van der Waals surface area contributed by atoms with E-state index in [2.05, 4.69) is 21.0 Å². The first-order chi connectivity index (χ1) is 17.7.